The van der Waals surface area contributed by atoms with Crippen LogP contribution in [-0.4, -0.2) is 15.6 Å². The summed E-state index contributed by atoms with van der Waals surface area (Å²) < 4.78 is 1.50. The van der Waals surface area contributed by atoms with Crippen LogP contribution < -0.4 is 5.56 Å². The minimum Gasteiger partial charge on any atom is -0.478 e. The minimum absolute atomic E-state index is 0.129. The van der Waals surface area contributed by atoms with Gasteiger partial charge in [0.1, 0.15) is 0 Å². The maximum atomic E-state index is 11.6. The van der Waals surface area contributed by atoms with Crippen molar-refractivity contribution in [2.24, 2.45) is 0 Å². The predicted molar refractivity (Wildman–Crippen MR) is 75.7 cm³/mol. The lowest BCUT2D eigenvalue weighted by molar-refractivity contribution is 0.0696. The van der Waals surface area contributed by atoms with E-state index in [1.165, 1.54) is 55.0 Å². The van der Waals surface area contributed by atoms with Gasteiger partial charge in [-0.15, -0.1) is 0 Å². The fraction of sp³-hybridized carbons (Fsp3) is 0.600. The first-order valence-corrected chi connectivity index (χ1v) is 7.09. The molecular formula is C15H23NO3. The third kappa shape index (κ3) is 5.73. The summed E-state index contributed by atoms with van der Waals surface area (Å²) in [7, 11) is 0. The van der Waals surface area contributed by atoms with Crippen molar-refractivity contribution in [2.75, 3.05) is 0 Å². The molecule has 0 radical (unpaired) electrons. The lowest BCUT2D eigenvalue weighted by Crippen LogP contribution is -2.20. The first-order chi connectivity index (χ1) is 9.15. The maximum Gasteiger partial charge on any atom is 0.337 e. The second-order valence-electron chi connectivity index (χ2n) is 4.88. The largest absolute Gasteiger partial charge is 0.478 e. The zero-order valence-corrected chi connectivity index (χ0v) is 11.6. The number of unbranched alkanes of at least 4 members (excludes halogenated alkanes) is 6. The van der Waals surface area contributed by atoms with Gasteiger partial charge in [0, 0.05) is 18.8 Å². The van der Waals surface area contributed by atoms with Crippen molar-refractivity contribution in [3.63, 3.8) is 0 Å². The van der Waals surface area contributed by atoms with Crippen LogP contribution in [-0.2, 0) is 6.54 Å². The summed E-state index contributed by atoms with van der Waals surface area (Å²) >= 11 is 0. The van der Waals surface area contributed by atoms with E-state index >= 15 is 0 Å². The number of aromatic carboxylic acids is 1. The maximum absolute atomic E-state index is 11.6. The molecular weight excluding hydrogens is 242 g/mol. The van der Waals surface area contributed by atoms with Crippen LogP contribution in [0.5, 0.6) is 0 Å². The average Bonchev–Trinajstić information content (AvgIpc) is 2.39. The van der Waals surface area contributed by atoms with Gasteiger partial charge >= 0.3 is 5.97 Å². The Kier molecular flexibility index (Phi) is 6.93. The molecule has 0 aliphatic heterocycles. The highest BCUT2D eigenvalue weighted by atomic mass is 16.4. The minimum atomic E-state index is -0.992. The third-order valence-electron chi connectivity index (χ3n) is 3.23. The van der Waals surface area contributed by atoms with Gasteiger partial charge in [0.05, 0.1) is 5.56 Å². The molecule has 0 amide bonds. The van der Waals surface area contributed by atoms with Crippen molar-refractivity contribution in [1.82, 2.24) is 4.57 Å². The van der Waals surface area contributed by atoms with Gasteiger partial charge in [-0.05, 0) is 12.5 Å². The summed E-state index contributed by atoms with van der Waals surface area (Å²) in [5, 5.41) is 8.88. The number of hydrogen-bond acceptors (Lipinski definition) is 2. The SMILES string of the molecule is CCCCCCCCCn1cc(C(=O)O)ccc1=O. The fourth-order valence-electron chi connectivity index (χ4n) is 2.07. The van der Waals surface area contributed by atoms with Crippen molar-refractivity contribution in [1.29, 1.82) is 0 Å². The number of hydrogen-bond donors (Lipinski definition) is 1. The van der Waals surface area contributed by atoms with Gasteiger partial charge < -0.3 is 9.67 Å². The van der Waals surface area contributed by atoms with Crippen molar-refractivity contribution in [3.8, 4) is 0 Å². The Bertz CT molecular complexity index is 451. The van der Waals surface area contributed by atoms with Crippen molar-refractivity contribution in [3.05, 3.63) is 34.2 Å². The van der Waals surface area contributed by atoms with Crippen molar-refractivity contribution < 1.29 is 9.90 Å². The Balaban J connectivity index is 2.34. The van der Waals surface area contributed by atoms with E-state index in [-0.39, 0.29) is 11.1 Å². The van der Waals surface area contributed by atoms with Crippen LogP contribution in [0.15, 0.2) is 23.1 Å². The summed E-state index contributed by atoms with van der Waals surface area (Å²) in [6.07, 6.45) is 9.71. The summed E-state index contributed by atoms with van der Waals surface area (Å²) in [5.41, 5.74) is 0.0403. The molecule has 0 aliphatic rings. The molecule has 19 heavy (non-hydrogen) atoms. The highest BCUT2D eigenvalue weighted by Crippen LogP contribution is 2.07. The number of rotatable bonds is 9. The van der Waals surface area contributed by atoms with Crippen molar-refractivity contribution in [2.45, 2.75) is 58.4 Å². The molecule has 0 saturated heterocycles. The van der Waals surface area contributed by atoms with Crippen molar-refractivity contribution >= 4 is 5.97 Å². The molecule has 0 unspecified atom stereocenters. The monoisotopic (exact) mass is 265 g/mol. The molecule has 4 heteroatoms. The van der Waals surface area contributed by atoms with Gasteiger partial charge in [-0.1, -0.05) is 45.4 Å². The van der Waals surface area contributed by atoms with Gasteiger partial charge in [0.25, 0.3) is 5.56 Å². The topological polar surface area (TPSA) is 59.3 Å². The van der Waals surface area contributed by atoms with Crippen LogP contribution in [0.3, 0.4) is 0 Å². The summed E-state index contributed by atoms with van der Waals surface area (Å²) in [4.78, 5) is 22.4. The van der Waals surface area contributed by atoms with Crippen LogP contribution in [0.2, 0.25) is 0 Å². The van der Waals surface area contributed by atoms with Crippen LogP contribution in [0, 0.1) is 0 Å². The number of carbonyl (C=O) groups is 1. The Hall–Kier alpha value is -1.58. The second kappa shape index (κ2) is 8.51. The summed E-state index contributed by atoms with van der Waals surface area (Å²) in [6, 6.07) is 2.68. The normalized spacial score (nSPS) is 10.6. The molecule has 0 fully saturated rings. The molecule has 1 rings (SSSR count). The molecule has 0 saturated carbocycles. The van der Waals surface area contributed by atoms with Gasteiger partial charge in [-0.3, -0.25) is 4.79 Å². The highest BCUT2D eigenvalue weighted by molar-refractivity contribution is 5.87. The first kappa shape index (κ1) is 15.5. The van der Waals surface area contributed by atoms with E-state index in [0.29, 0.717) is 6.54 Å². The summed E-state index contributed by atoms with van der Waals surface area (Å²) in [5.74, 6) is -0.992. The molecule has 1 aromatic heterocycles. The molecule has 0 spiro atoms. The third-order valence-corrected chi connectivity index (χ3v) is 3.23. The second-order valence-corrected chi connectivity index (χ2v) is 4.88. The van der Waals surface area contributed by atoms with E-state index in [4.69, 9.17) is 5.11 Å². The van der Waals surface area contributed by atoms with Gasteiger partial charge in [0.2, 0.25) is 0 Å². The quantitative estimate of drug-likeness (QED) is 0.697. The van der Waals surface area contributed by atoms with Crippen LogP contribution in [0.1, 0.15) is 62.2 Å². The number of pyridine rings is 1. The van der Waals surface area contributed by atoms with Gasteiger partial charge in [0.15, 0.2) is 0 Å². The lowest BCUT2D eigenvalue weighted by atomic mass is 10.1. The molecule has 106 valence electrons. The van der Waals surface area contributed by atoms with Crippen LogP contribution in [0.25, 0.3) is 0 Å². The highest BCUT2D eigenvalue weighted by Gasteiger charge is 2.04. The van der Waals surface area contributed by atoms with Crippen LogP contribution >= 0.6 is 0 Å². The van der Waals surface area contributed by atoms with Gasteiger partial charge in [-0.25, -0.2) is 4.79 Å². The van der Waals surface area contributed by atoms with E-state index in [2.05, 4.69) is 6.92 Å². The number of carboxylic acid groups (broad SMARTS) is 1. The number of carboxylic acids is 1. The first-order valence-electron chi connectivity index (χ1n) is 7.09. The van der Waals surface area contributed by atoms with E-state index in [0.717, 1.165) is 12.8 Å². The molecule has 4 nitrogen and oxygen atoms in total. The molecule has 0 atom stereocenters. The molecule has 1 N–H and O–H groups in total. The Labute approximate surface area is 114 Å². The van der Waals surface area contributed by atoms with E-state index < -0.39 is 5.97 Å². The summed E-state index contributed by atoms with van der Waals surface area (Å²) in [6.45, 7) is 2.80. The molecule has 1 aromatic rings. The van der Waals surface area contributed by atoms with E-state index in [1.54, 1.807) is 0 Å². The molecule has 0 bridgehead atoms. The smallest absolute Gasteiger partial charge is 0.337 e. The Morgan fingerprint density at radius 3 is 2.37 bits per heavy atom. The average molecular weight is 265 g/mol. The lowest BCUT2D eigenvalue weighted by Gasteiger charge is -2.06. The Morgan fingerprint density at radius 1 is 1.11 bits per heavy atom. The van der Waals surface area contributed by atoms with E-state index in [1.807, 2.05) is 0 Å². The molecule has 1 heterocycles. The number of aryl methyl sites for hydroxylation is 1. The van der Waals surface area contributed by atoms with Crippen LogP contribution in [0.4, 0.5) is 0 Å². The van der Waals surface area contributed by atoms with Gasteiger partial charge in [-0.2, -0.15) is 0 Å². The zero-order chi connectivity index (χ0) is 14.1. The zero-order valence-electron chi connectivity index (χ0n) is 11.6. The number of aromatic nitrogens is 1. The standard InChI is InChI=1S/C15H23NO3/c1-2-3-4-5-6-7-8-11-16-12-13(15(18)19)9-10-14(16)17/h9-10,12H,2-8,11H2,1H3,(H,18,19). The number of nitrogens with zero attached hydrogens (tertiary/aromatic N) is 1. The molecule has 0 aromatic carbocycles. The predicted octanol–water partition coefficient (Wildman–Crippen LogP) is 3.30. The Morgan fingerprint density at radius 2 is 1.74 bits per heavy atom. The fourth-order valence-corrected chi connectivity index (χ4v) is 2.07. The van der Waals surface area contributed by atoms with E-state index in [9.17, 15) is 9.59 Å². The molecule has 0 aliphatic carbocycles.